The molecule has 0 atom stereocenters. The Labute approximate surface area is 185 Å². The van der Waals surface area contributed by atoms with E-state index in [0.29, 0.717) is 17.2 Å². The van der Waals surface area contributed by atoms with Crippen molar-refractivity contribution in [2.75, 3.05) is 11.1 Å². The van der Waals surface area contributed by atoms with Crippen LogP contribution >= 0.6 is 23.1 Å². The van der Waals surface area contributed by atoms with Crippen molar-refractivity contribution in [1.82, 2.24) is 14.8 Å². The van der Waals surface area contributed by atoms with Gasteiger partial charge in [0.2, 0.25) is 5.91 Å². The molecule has 0 radical (unpaired) electrons. The Morgan fingerprint density at radius 3 is 2.70 bits per heavy atom. The first-order chi connectivity index (χ1) is 14.4. The first-order valence-electron chi connectivity index (χ1n) is 9.94. The van der Waals surface area contributed by atoms with Gasteiger partial charge in [0.15, 0.2) is 16.8 Å². The molecule has 1 amide bonds. The highest BCUT2D eigenvalue weighted by Crippen LogP contribution is 2.31. The average Bonchev–Trinajstić information content (AvgIpc) is 3.34. The summed E-state index contributed by atoms with van der Waals surface area (Å²) in [7, 11) is 0. The summed E-state index contributed by atoms with van der Waals surface area (Å²) in [5, 5.41) is 14.4. The van der Waals surface area contributed by atoms with Crippen molar-refractivity contribution in [3.05, 3.63) is 46.2 Å². The normalized spacial score (nSPS) is 11.1. The van der Waals surface area contributed by atoms with Gasteiger partial charge in [-0.05, 0) is 37.5 Å². The second-order valence-electron chi connectivity index (χ2n) is 7.32. The quantitative estimate of drug-likeness (QED) is 0.351. The largest absolute Gasteiger partial charge is 0.325 e. The fraction of sp³-hybridized carbons (Fsp3) is 0.364. The second-order valence-corrected chi connectivity index (χ2v) is 9.21. The Kier molecular flexibility index (Phi) is 7.44. The van der Waals surface area contributed by atoms with Crippen LogP contribution in [0.5, 0.6) is 0 Å². The van der Waals surface area contributed by atoms with Gasteiger partial charge in [-0.2, -0.15) is 0 Å². The molecule has 30 heavy (non-hydrogen) atoms. The second kappa shape index (κ2) is 10.0. The summed E-state index contributed by atoms with van der Waals surface area (Å²) in [6.45, 7) is 8.77. The molecule has 1 N–H and O–H groups in total. The zero-order valence-electron chi connectivity index (χ0n) is 17.6. The van der Waals surface area contributed by atoms with Crippen molar-refractivity contribution in [2.24, 2.45) is 0 Å². The van der Waals surface area contributed by atoms with E-state index in [1.54, 1.807) is 35.6 Å². The highest BCUT2D eigenvalue weighted by Gasteiger charge is 2.17. The molecule has 1 aromatic carbocycles. The number of thiophene rings is 1. The van der Waals surface area contributed by atoms with Crippen LogP contribution in [-0.4, -0.2) is 32.2 Å². The van der Waals surface area contributed by atoms with Crippen LogP contribution in [0.1, 0.15) is 55.3 Å². The summed E-state index contributed by atoms with van der Waals surface area (Å²) in [5.41, 5.74) is 2.26. The third kappa shape index (κ3) is 5.37. The molecule has 8 heteroatoms. The van der Waals surface area contributed by atoms with Crippen molar-refractivity contribution in [1.29, 1.82) is 0 Å². The van der Waals surface area contributed by atoms with E-state index in [2.05, 4.69) is 52.3 Å². The lowest BCUT2D eigenvalue weighted by Crippen LogP contribution is -2.15. The number of anilines is 1. The molecule has 0 unspecified atom stereocenters. The molecule has 2 heterocycles. The van der Waals surface area contributed by atoms with E-state index in [0.717, 1.165) is 29.5 Å². The maximum absolute atomic E-state index is 12.4. The molecule has 0 bridgehead atoms. The third-order valence-corrected chi connectivity index (χ3v) is 6.70. The maximum atomic E-state index is 12.4. The van der Waals surface area contributed by atoms with Gasteiger partial charge in [0.1, 0.15) is 0 Å². The molecule has 158 valence electrons. The first kappa shape index (κ1) is 22.2. The molecule has 0 fully saturated rings. The number of benzene rings is 1. The van der Waals surface area contributed by atoms with Gasteiger partial charge in [-0.15, -0.1) is 21.5 Å². The van der Waals surface area contributed by atoms with Gasteiger partial charge < -0.3 is 9.88 Å². The Morgan fingerprint density at radius 1 is 1.23 bits per heavy atom. The number of nitrogens with zero attached hydrogens (tertiary/aromatic N) is 3. The molecular formula is C22H26N4O2S2. The average molecular weight is 443 g/mol. The van der Waals surface area contributed by atoms with Crippen LogP contribution in [0.25, 0.3) is 11.4 Å². The molecule has 0 saturated heterocycles. The molecule has 0 saturated carbocycles. The number of Topliss-reactive ketones (excluding diaryl/α,β-unsaturated/α-hetero) is 1. The zero-order chi connectivity index (χ0) is 21.7. The van der Waals surface area contributed by atoms with Crippen molar-refractivity contribution in [3.8, 4) is 11.4 Å². The number of hydrogen-bond acceptors (Lipinski definition) is 6. The fourth-order valence-electron chi connectivity index (χ4n) is 2.95. The minimum atomic E-state index is -0.147. The van der Waals surface area contributed by atoms with E-state index in [4.69, 9.17) is 0 Å². The van der Waals surface area contributed by atoms with Crippen molar-refractivity contribution < 1.29 is 9.59 Å². The number of hydrogen-bond donors (Lipinski definition) is 1. The Balaban J connectivity index is 1.70. The number of ketones is 1. The van der Waals surface area contributed by atoms with Gasteiger partial charge in [0.05, 0.1) is 5.75 Å². The van der Waals surface area contributed by atoms with Gasteiger partial charge in [0.25, 0.3) is 0 Å². The Morgan fingerprint density at radius 2 is 2.03 bits per heavy atom. The van der Waals surface area contributed by atoms with Gasteiger partial charge in [-0.1, -0.05) is 44.7 Å². The predicted molar refractivity (Wildman–Crippen MR) is 124 cm³/mol. The summed E-state index contributed by atoms with van der Waals surface area (Å²) in [6.07, 6.45) is 0.948. The van der Waals surface area contributed by atoms with Gasteiger partial charge in [0, 0.05) is 33.6 Å². The highest BCUT2D eigenvalue weighted by molar-refractivity contribution is 7.99. The fourth-order valence-corrected chi connectivity index (χ4v) is 4.62. The van der Waals surface area contributed by atoms with Crippen molar-refractivity contribution in [2.45, 2.75) is 51.7 Å². The maximum Gasteiger partial charge on any atom is 0.234 e. The molecular weight excluding hydrogens is 416 g/mol. The summed E-state index contributed by atoms with van der Waals surface area (Å²) in [5.74, 6) is 1.36. The van der Waals surface area contributed by atoms with Crippen LogP contribution in [0.2, 0.25) is 0 Å². The molecule has 0 aliphatic heterocycles. The summed E-state index contributed by atoms with van der Waals surface area (Å²) in [6, 6.07) is 9.13. The first-order valence-corrected chi connectivity index (χ1v) is 11.8. The molecule has 3 aromatic rings. The van der Waals surface area contributed by atoms with Crippen molar-refractivity contribution in [3.63, 3.8) is 0 Å². The van der Waals surface area contributed by atoms with Crippen LogP contribution < -0.4 is 5.32 Å². The summed E-state index contributed by atoms with van der Waals surface area (Å²) >= 11 is 3.10. The van der Waals surface area contributed by atoms with E-state index >= 15 is 0 Å². The number of carbonyl (C=O) groups is 2. The molecule has 6 nitrogen and oxygen atoms in total. The summed E-state index contributed by atoms with van der Waals surface area (Å²) in [4.78, 5) is 25.3. The predicted octanol–water partition coefficient (Wildman–Crippen LogP) is 5.47. The van der Waals surface area contributed by atoms with Gasteiger partial charge >= 0.3 is 0 Å². The van der Waals surface area contributed by atoms with Crippen LogP contribution in [-0.2, 0) is 11.3 Å². The number of aromatic nitrogens is 3. The monoisotopic (exact) mass is 442 g/mol. The number of rotatable bonds is 9. The van der Waals surface area contributed by atoms with Crippen LogP contribution in [0.15, 0.2) is 40.9 Å². The van der Waals surface area contributed by atoms with E-state index in [9.17, 15) is 9.59 Å². The molecule has 0 spiro atoms. The molecule has 2 aromatic heterocycles. The lowest BCUT2D eigenvalue weighted by molar-refractivity contribution is -0.113. The van der Waals surface area contributed by atoms with Gasteiger partial charge in [-0.25, -0.2) is 0 Å². The molecule has 0 aliphatic rings. The van der Waals surface area contributed by atoms with Gasteiger partial charge in [-0.3, -0.25) is 9.59 Å². The van der Waals surface area contributed by atoms with Crippen LogP contribution in [0.4, 0.5) is 5.69 Å². The Hall–Kier alpha value is -2.45. The summed E-state index contributed by atoms with van der Waals surface area (Å²) < 4.78 is 2.08. The standard InChI is InChI=1S/C22H26N4O2S2/c1-5-9-26-21(17-11-19(14(2)3)29-12-17)24-25-22(26)30-13-20(28)23-18-8-6-7-16(10-18)15(4)27/h6-8,10-12,14H,5,9,13H2,1-4H3,(H,23,28). The van der Waals surface area contributed by atoms with E-state index in [-0.39, 0.29) is 17.4 Å². The zero-order valence-corrected chi connectivity index (χ0v) is 19.3. The number of thioether (sulfide) groups is 1. The molecule has 3 rings (SSSR count). The minimum Gasteiger partial charge on any atom is -0.325 e. The third-order valence-electron chi connectivity index (χ3n) is 4.50. The van der Waals surface area contributed by atoms with E-state index in [1.807, 2.05) is 0 Å². The van der Waals surface area contributed by atoms with Crippen molar-refractivity contribution >= 4 is 40.5 Å². The van der Waals surface area contributed by atoms with E-state index in [1.165, 1.54) is 23.6 Å². The topological polar surface area (TPSA) is 76.9 Å². The minimum absolute atomic E-state index is 0.0327. The highest BCUT2D eigenvalue weighted by atomic mass is 32.2. The molecule has 0 aliphatic carbocycles. The lowest BCUT2D eigenvalue weighted by Gasteiger charge is -2.09. The SMILES string of the molecule is CCCn1c(SCC(=O)Nc2cccc(C(C)=O)c2)nnc1-c1csc(C(C)C)c1. The lowest BCUT2D eigenvalue weighted by atomic mass is 10.1. The van der Waals surface area contributed by atoms with E-state index < -0.39 is 0 Å². The van der Waals surface area contributed by atoms with Crippen LogP contribution in [0.3, 0.4) is 0 Å². The number of carbonyl (C=O) groups excluding carboxylic acids is 2. The Bertz CT molecular complexity index is 1040. The number of amides is 1. The van der Waals surface area contributed by atoms with Crippen LogP contribution in [0, 0.1) is 0 Å². The smallest absolute Gasteiger partial charge is 0.234 e. The number of nitrogens with one attached hydrogen (secondary N) is 1.